The second kappa shape index (κ2) is 7.85. The van der Waals surface area contributed by atoms with Crippen molar-refractivity contribution in [2.75, 3.05) is 13.1 Å². The fourth-order valence-corrected chi connectivity index (χ4v) is 2.99. The van der Waals surface area contributed by atoms with Crippen molar-refractivity contribution in [2.45, 2.75) is 46.7 Å². The number of rotatable bonds is 8. The third-order valence-corrected chi connectivity index (χ3v) is 4.51. The van der Waals surface area contributed by atoms with E-state index in [1.807, 2.05) is 11.3 Å². The Balaban J connectivity index is 2.50. The van der Waals surface area contributed by atoms with Crippen LogP contribution in [-0.4, -0.2) is 18.0 Å². The molecule has 0 saturated heterocycles. The summed E-state index contributed by atoms with van der Waals surface area (Å²) >= 11 is 1.85. The SMILES string of the molecule is CCC(CC)CN(CC)Cc1ccc(CN)s1. The molecule has 3 heteroatoms. The first-order valence-electron chi connectivity index (χ1n) is 6.73. The summed E-state index contributed by atoms with van der Waals surface area (Å²) in [6, 6.07) is 4.38. The minimum absolute atomic E-state index is 0.670. The topological polar surface area (TPSA) is 29.3 Å². The van der Waals surface area contributed by atoms with E-state index in [-0.39, 0.29) is 0 Å². The van der Waals surface area contributed by atoms with Crippen molar-refractivity contribution in [1.29, 1.82) is 0 Å². The maximum atomic E-state index is 5.65. The van der Waals surface area contributed by atoms with Gasteiger partial charge in [0.25, 0.3) is 0 Å². The van der Waals surface area contributed by atoms with E-state index in [0.29, 0.717) is 6.54 Å². The standard InChI is InChI=1S/C14H26N2S/c1-4-12(5-2)10-16(6-3)11-14-8-7-13(9-15)17-14/h7-8,12H,4-6,9-11,15H2,1-3H3. The molecule has 1 rings (SSSR count). The second-order valence-electron chi connectivity index (χ2n) is 4.58. The predicted octanol–water partition coefficient (Wildman–Crippen LogP) is 3.46. The molecule has 0 radical (unpaired) electrons. The van der Waals surface area contributed by atoms with E-state index >= 15 is 0 Å². The van der Waals surface area contributed by atoms with Gasteiger partial charge >= 0.3 is 0 Å². The molecule has 0 saturated carbocycles. The molecule has 0 aliphatic carbocycles. The number of hydrogen-bond acceptors (Lipinski definition) is 3. The molecule has 17 heavy (non-hydrogen) atoms. The van der Waals surface area contributed by atoms with Gasteiger partial charge in [-0.15, -0.1) is 11.3 Å². The largest absolute Gasteiger partial charge is 0.326 e. The molecule has 98 valence electrons. The van der Waals surface area contributed by atoms with E-state index in [0.717, 1.165) is 19.0 Å². The first kappa shape index (κ1) is 14.7. The van der Waals surface area contributed by atoms with Crippen LogP contribution in [0.25, 0.3) is 0 Å². The van der Waals surface area contributed by atoms with Crippen molar-refractivity contribution in [3.63, 3.8) is 0 Å². The lowest BCUT2D eigenvalue weighted by atomic mass is 10.0. The first-order chi connectivity index (χ1) is 8.23. The van der Waals surface area contributed by atoms with Crippen molar-refractivity contribution >= 4 is 11.3 Å². The fraction of sp³-hybridized carbons (Fsp3) is 0.714. The Hall–Kier alpha value is -0.380. The summed E-state index contributed by atoms with van der Waals surface area (Å²) in [5.74, 6) is 0.837. The molecule has 1 aromatic rings. The zero-order valence-corrected chi connectivity index (χ0v) is 12.2. The van der Waals surface area contributed by atoms with Gasteiger partial charge in [0, 0.05) is 29.4 Å². The third kappa shape index (κ3) is 4.78. The van der Waals surface area contributed by atoms with E-state index < -0.39 is 0 Å². The van der Waals surface area contributed by atoms with Crippen LogP contribution in [0.3, 0.4) is 0 Å². The molecule has 0 amide bonds. The van der Waals surface area contributed by atoms with Gasteiger partial charge in [-0.05, 0) is 24.6 Å². The van der Waals surface area contributed by atoms with E-state index in [2.05, 4.69) is 37.8 Å². The van der Waals surface area contributed by atoms with Crippen molar-refractivity contribution in [3.05, 3.63) is 21.9 Å². The molecule has 0 unspecified atom stereocenters. The van der Waals surface area contributed by atoms with Crippen LogP contribution in [0.4, 0.5) is 0 Å². The van der Waals surface area contributed by atoms with Gasteiger partial charge in [-0.3, -0.25) is 4.90 Å². The monoisotopic (exact) mass is 254 g/mol. The molecule has 2 N–H and O–H groups in total. The molecule has 1 aromatic heterocycles. The van der Waals surface area contributed by atoms with Crippen LogP contribution in [0.15, 0.2) is 12.1 Å². The highest BCUT2D eigenvalue weighted by Gasteiger charge is 2.11. The summed E-state index contributed by atoms with van der Waals surface area (Å²) in [5, 5.41) is 0. The molecule has 0 fully saturated rings. The average molecular weight is 254 g/mol. The normalized spacial score (nSPS) is 11.6. The lowest BCUT2D eigenvalue weighted by molar-refractivity contribution is 0.228. The van der Waals surface area contributed by atoms with Crippen molar-refractivity contribution in [1.82, 2.24) is 4.90 Å². The minimum atomic E-state index is 0.670. The van der Waals surface area contributed by atoms with Gasteiger partial charge in [-0.2, -0.15) is 0 Å². The summed E-state index contributed by atoms with van der Waals surface area (Å²) in [5.41, 5.74) is 5.65. The lowest BCUT2D eigenvalue weighted by Gasteiger charge is -2.24. The van der Waals surface area contributed by atoms with Crippen molar-refractivity contribution < 1.29 is 0 Å². The average Bonchev–Trinajstić information content (AvgIpc) is 2.82. The summed E-state index contributed by atoms with van der Waals surface area (Å²) < 4.78 is 0. The Morgan fingerprint density at radius 3 is 2.29 bits per heavy atom. The smallest absolute Gasteiger partial charge is 0.0328 e. The highest BCUT2D eigenvalue weighted by atomic mass is 32.1. The number of nitrogens with two attached hydrogens (primary N) is 1. The molecule has 0 aliphatic heterocycles. The number of thiophene rings is 1. The molecule has 0 aromatic carbocycles. The second-order valence-corrected chi connectivity index (χ2v) is 5.84. The Morgan fingerprint density at radius 2 is 1.82 bits per heavy atom. The van der Waals surface area contributed by atoms with Gasteiger partial charge in [0.1, 0.15) is 0 Å². The van der Waals surface area contributed by atoms with Gasteiger partial charge in [-0.25, -0.2) is 0 Å². The van der Waals surface area contributed by atoms with Crippen molar-refractivity contribution in [2.24, 2.45) is 11.7 Å². The van der Waals surface area contributed by atoms with Gasteiger partial charge in [0.2, 0.25) is 0 Å². The predicted molar refractivity (Wildman–Crippen MR) is 77.2 cm³/mol. The summed E-state index contributed by atoms with van der Waals surface area (Å²) in [6.07, 6.45) is 2.57. The Morgan fingerprint density at radius 1 is 1.18 bits per heavy atom. The zero-order chi connectivity index (χ0) is 12.7. The van der Waals surface area contributed by atoms with Crippen LogP contribution in [-0.2, 0) is 13.1 Å². The van der Waals surface area contributed by atoms with Gasteiger partial charge in [0.15, 0.2) is 0 Å². The molecular weight excluding hydrogens is 228 g/mol. The van der Waals surface area contributed by atoms with E-state index in [1.165, 1.54) is 29.1 Å². The van der Waals surface area contributed by atoms with Crippen molar-refractivity contribution in [3.8, 4) is 0 Å². The van der Waals surface area contributed by atoms with E-state index in [1.54, 1.807) is 0 Å². The molecule has 0 aliphatic rings. The minimum Gasteiger partial charge on any atom is -0.326 e. The Bertz CT molecular complexity index is 305. The molecule has 2 nitrogen and oxygen atoms in total. The van der Waals surface area contributed by atoms with Gasteiger partial charge in [-0.1, -0.05) is 33.6 Å². The quantitative estimate of drug-likeness (QED) is 0.770. The molecule has 0 bridgehead atoms. The maximum Gasteiger partial charge on any atom is 0.0328 e. The number of hydrogen-bond donors (Lipinski definition) is 1. The van der Waals surface area contributed by atoms with Crippen LogP contribution in [0.2, 0.25) is 0 Å². The van der Waals surface area contributed by atoms with Gasteiger partial charge in [0.05, 0.1) is 0 Å². The Labute approximate surface area is 110 Å². The summed E-state index contributed by atoms with van der Waals surface area (Å²) in [4.78, 5) is 5.28. The van der Waals surface area contributed by atoms with Gasteiger partial charge < -0.3 is 5.73 Å². The van der Waals surface area contributed by atoms with Crippen LogP contribution in [0.5, 0.6) is 0 Å². The van der Waals surface area contributed by atoms with E-state index in [4.69, 9.17) is 5.73 Å². The lowest BCUT2D eigenvalue weighted by Crippen LogP contribution is -2.28. The van der Waals surface area contributed by atoms with Crippen LogP contribution < -0.4 is 5.73 Å². The molecular formula is C14H26N2S. The highest BCUT2D eigenvalue weighted by molar-refractivity contribution is 7.11. The van der Waals surface area contributed by atoms with Crippen LogP contribution in [0.1, 0.15) is 43.4 Å². The molecule has 0 atom stereocenters. The van der Waals surface area contributed by atoms with Crippen LogP contribution in [0, 0.1) is 5.92 Å². The van der Waals surface area contributed by atoms with Crippen LogP contribution >= 0.6 is 11.3 Å². The Kier molecular flexibility index (Phi) is 6.78. The summed E-state index contributed by atoms with van der Waals surface area (Å²) in [6.45, 7) is 10.9. The fourth-order valence-electron chi connectivity index (χ4n) is 2.05. The zero-order valence-electron chi connectivity index (χ0n) is 11.4. The molecule has 0 spiro atoms. The highest BCUT2D eigenvalue weighted by Crippen LogP contribution is 2.19. The maximum absolute atomic E-state index is 5.65. The molecule has 1 heterocycles. The third-order valence-electron chi connectivity index (χ3n) is 3.42. The first-order valence-corrected chi connectivity index (χ1v) is 7.55. The number of nitrogens with zero attached hydrogens (tertiary/aromatic N) is 1. The van der Waals surface area contributed by atoms with E-state index in [9.17, 15) is 0 Å². The summed E-state index contributed by atoms with van der Waals surface area (Å²) in [7, 11) is 0.